The number of nitro benzene ring substituents is 2. The van der Waals surface area contributed by atoms with Crippen LogP contribution in [0.15, 0.2) is 12.1 Å². The largest absolute Gasteiger partial charge is 0.360 e. The molecule has 0 aliphatic heterocycles. The third-order valence-corrected chi connectivity index (χ3v) is 3.59. The van der Waals surface area contributed by atoms with Crippen LogP contribution in [0.2, 0.25) is 0 Å². The van der Waals surface area contributed by atoms with E-state index >= 15 is 0 Å². The number of nitrogens with zero attached hydrogens (tertiary/aromatic N) is 3. The van der Waals surface area contributed by atoms with Crippen molar-refractivity contribution in [3.05, 3.63) is 37.9 Å². The monoisotopic (exact) mass is 293 g/mol. The van der Waals surface area contributed by atoms with E-state index in [1.807, 2.05) is 11.8 Å². The number of aryl methyl sites for hydroxylation is 1. The third-order valence-electron chi connectivity index (χ3n) is 3.59. The first kappa shape index (κ1) is 15.2. The van der Waals surface area contributed by atoms with Crippen LogP contribution in [0.5, 0.6) is 0 Å². The molecule has 1 saturated carbocycles. The minimum Gasteiger partial charge on any atom is -0.360 e. The van der Waals surface area contributed by atoms with Crippen molar-refractivity contribution in [3.63, 3.8) is 0 Å². The van der Waals surface area contributed by atoms with Crippen LogP contribution in [-0.2, 0) is 0 Å². The summed E-state index contributed by atoms with van der Waals surface area (Å²) in [6.45, 7) is 4.83. The minimum absolute atomic E-state index is 0.157. The van der Waals surface area contributed by atoms with Crippen molar-refractivity contribution in [3.8, 4) is 0 Å². The van der Waals surface area contributed by atoms with Crippen molar-refractivity contribution in [1.29, 1.82) is 0 Å². The predicted octanol–water partition coefficient (Wildman–Crippen LogP) is 3.44. The summed E-state index contributed by atoms with van der Waals surface area (Å²) in [5, 5.41) is 22.6. The first-order valence-electron chi connectivity index (χ1n) is 7.12. The lowest BCUT2D eigenvalue weighted by molar-refractivity contribution is -0.392. The topological polar surface area (TPSA) is 89.5 Å². The van der Waals surface area contributed by atoms with Gasteiger partial charge >= 0.3 is 0 Å². The number of hydrogen-bond acceptors (Lipinski definition) is 5. The Labute approximate surface area is 122 Å². The first-order chi connectivity index (χ1) is 9.93. The van der Waals surface area contributed by atoms with Gasteiger partial charge in [-0.05, 0) is 37.7 Å². The van der Waals surface area contributed by atoms with Crippen LogP contribution in [0, 0.1) is 33.1 Å². The predicted molar refractivity (Wildman–Crippen MR) is 79.7 cm³/mol. The Balaban J connectivity index is 2.54. The molecule has 0 aromatic heterocycles. The van der Waals surface area contributed by atoms with Crippen molar-refractivity contribution in [2.24, 2.45) is 5.92 Å². The van der Waals surface area contributed by atoms with Crippen LogP contribution in [0.3, 0.4) is 0 Å². The van der Waals surface area contributed by atoms with Crippen LogP contribution in [0.1, 0.15) is 31.7 Å². The summed E-state index contributed by atoms with van der Waals surface area (Å²) in [7, 11) is 0. The van der Waals surface area contributed by atoms with Crippen LogP contribution >= 0.6 is 0 Å². The van der Waals surface area contributed by atoms with E-state index in [-0.39, 0.29) is 17.1 Å². The molecule has 0 N–H and O–H groups in total. The minimum atomic E-state index is -0.523. The van der Waals surface area contributed by atoms with Crippen LogP contribution in [0.4, 0.5) is 17.1 Å². The summed E-state index contributed by atoms with van der Waals surface area (Å²) in [5.41, 5.74) is 0.343. The van der Waals surface area contributed by atoms with Gasteiger partial charge in [0, 0.05) is 25.2 Å². The van der Waals surface area contributed by atoms with Gasteiger partial charge in [0.05, 0.1) is 9.85 Å². The lowest BCUT2D eigenvalue weighted by atomic mass is 10.1. The molecule has 1 aromatic rings. The number of rotatable bonds is 7. The van der Waals surface area contributed by atoms with Gasteiger partial charge in [0.25, 0.3) is 11.4 Å². The Bertz CT molecular complexity index is 534. The molecule has 114 valence electrons. The molecule has 0 unspecified atom stereocenters. The number of anilines is 1. The van der Waals surface area contributed by atoms with E-state index in [0.717, 1.165) is 19.3 Å². The zero-order valence-electron chi connectivity index (χ0n) is 12.2. The van der Waals surface area contributed by atoms with Crippen LogP contribution < -0.4 is 4.90 Å². The number of nitro groups is 2. The van der Waals surface area contributed by atoms with E-state index in [1.165, 1.54) is 12.1 Å². The third kappa shape index (κ3) is 3.48. The average molecular weight is 293 g/mol. The highest BCUT2D eigenvalue weighted by Gasteiger charge is 2.33. The van der Waals surface area contributed by atoms with E-state index in [9.17, 15) is 20.2 Å². The molecule has 0 heterocycles. The van der Waals surface area contributed by atoms with Gasteiger partial charge in [-0.1, -0.05) is 6.92 Å². The standard InChI is InChI=1S/C14H19N3O4/c1-3-6-15(9-11-4-5-11)14-12(16(18)19)7-10(2)8-13(14)17(20)21/h7-8,11H,3-6,9H2,1-2H3. The fraction of sp³-hybridized carbons (Fsp3) is 0.571. The zero-order valence-corrected chi connectivity index (χ0v) is 12.2. The highest BCUT2D eigenvalue weighted by atomic mass is 16.6. The second kappa shape index (κ2) is 6.07. The molecule has 1 fully saturated rings. The van der Waals surface area contributed by atoms with Crippen molar-refractivity contribution < 1.29 is 9.85 Å². The van der Waals surface area contributed by atoms with Crippen molar-refractivity contribution in [2.45, 2.75) is 33.1 Å². The molecule has 1 aliphatic rings. The van der Waals surface area contributed by atoms with Gasteiger partial charge in [0.15, 0.2) is 5.69 Å². The molecule has 2 rings (SSSR count). The quantitative estimate of drug-likeness (QED) is 0.567. The van der Waals surface area contributed by atoms with Crippen molar-refractivity contribution >= 4 is 17.1 Å². The Morgan fingerprint density at radius 1 is 1.19 bits per heavy atom. The fourth-order valence-electron chi connectivity index (χ4n) is 2.52. The fourth-order valence-corrected chi connectivity index (χ4v) is 2.52. The van der Waals surface area contributed by atoms with Gasteiger partial charge in [-0.2, -0.15) is 0 Å². The Kier molecular flexibility index (Phi) is 4.40. The highest BCUT2D eigenvalue weighted by molar-refractivity contribution is 5.76. The second-order valence-corrected chi connectivity index (χ2v) is 5.56. The lowest BCUT2D eigenvalue weighted by Gasteiger charge is -2.23. The molecule has 0 radical (unpaired) electrons. The van der Waals surface area contributed by atoms with Crippen LogP contribution in [0.25, 0.3) is 0 Å². The van der Waals surface area contributed by atoms with Crippen LogP contribution in [-0.4, -0.2) is 22.9 Å². The lowest BCUT2D eigenvalue weighted by Crippen LogP contribution is -2.28. The van der Waals surface area contributed by atoms with Crippen molar-refractivity contribution in [2.75, 3.05) is 18.0 Å². The number of benzene rings is 1. The van der Waals surface area contributed by atoms with Gasteiger partial charge in [0.2, 0.25) is 0 Å². The molecule has 7 nitrogen and oxygen atoms in total. The summed E-state index contributed by atoms with van der Waals surface area (Å²) in [5.74, 6) is 0.497. The van der Waals surface area contributed by atoms with Gasteiger partial charge in [-0.25, -0.2) is 0 Å². The molecule has 7 heteroatoms. The zero-order chi connectivity index (χ0) is 15.6. The normalized spacial score (nSPS) is 14.0. The van der Waals surface area contributed by atoms with Gasteiger partial charge in [0.1, 0.15) is 0 Å². The van der Waals surface area contributed by atoms with Gasteiger partial charge in [-0.15, -0.1) is 0 Å². The van der Waals surface area contributed by atoms with E-state index < -0.39 is 9.85 Å². The van der Waals surface area contributed by atoms with Gasteiger partial charge < -0.3 is 4.90 Å². The maximum Gasteiger partial charge on any atom is 0.299 e. The molecule has 1 aliphatic carbocycles. The maximum absolute atomic E-state index is 11.3. The molecule has 1 aromatic carbocycles. The molecule has 0 amide bonds. The smallest absolute Gasteiger partial charge is 0.299 e. The molecular formula is C14H19N3O4. The molecule has 0 bridgehead atoms. The number of hydrogen-bond donors (Lipinski definition) is 0. The van der Waals surface area contributed by atoms with Gasteiger partial charge in [-0.3, -0.25) is 20.2 Å². The first-order valence-corrected chi connectivity index (χ1v) is 7.12. The molecule has 0 saturated heterocycles. The Hall–Kier alpha value is -2.18. The maximum atomic E-state index is 11.3. The summed E-state index contributed by atoms with van der Waals surface area (Å²) in [4.78, 5) is 23.4. The van der Waals surface area contributed by atoms with E-state index in [2.05, 4.69) is 0 Å². The van der Waals surface area contributed by atoms with E-state index in [1.54, 1.807) is 6.92 Å². The molecule has 21 heavy (non-hydrogen) atoms. The summed E-state index contributed by atoms with van der Waals surface area (Å²) in [6.07, 6.45) is 2.97. The molecule has 0 spiro atoms. The van der Waals surface area contributed by atoms with Crippen molar-refractivity contribution in [1.82, 2.24) is 0 Å². The molecular weight excluding hydrogens is 274 g/mol. The van der Waals surface area contributed by atoms with E-state index in [4.69, 9.17) is 0 Å². The Morgan fingerprint density at radius 2 is 1.71 bits per heavy atom. The molecule has 0 atom stereocenters. The summed E-state index contributed by atoms with van der Waals surface area (Å²) >= 11 is 0. The Morgan fingerprint density at radius 3 is 2.10 bits per heavy atom. The average Bonchev–Trinajstić information content (AvgIpc) is 3.21. The van der Waals surface area contributed by atoms with E-state index in [0.29, 0.717) is 24.6 Å². The second-order valence-electron chi connectivity index (χ2n) is 5.56. The summed E-state index contributed by atoms with van der Waals surface area (Å²) in [6, 6.07) is 2.83. The SMILES string of the molecule is CCCN(CC1CC1)c1c([N+](=O)[O-])cc(C)cc1[N+](=O)[O-]. The summed E-state index contributed by atoms with van der Waals surface area (Å²) < 4.78 is 0. The highest BCUT2D eigenvalue weighted by Crippen LogP contribution is 2.41.